The number of hydrogen-bond donors (Lipinski definition) is 1. The zero-order chi connectivity index (χ0) is 22.8. The van der Waals surface area contributed by atoms with Crippen LogP contribution in [0.1, 0.15) is 10.4 Å². The summed E-state index contributed by atoms with van der Waals surface area (Å²) in [4.78, 5) is 12.7. The van der Waals surface area contributed by atoms with Crippen molar-refractivity contribution in [1.29, 1.82) is 0 Å². The van der Waals surface area contributed by atoms with Crippen molar-refractivity contribution >= 4 is 11.6 Å². The molecule has 0 saturated carbocycles. The molecular formula is C25H14F5NO. The van der Waals surface area contributed by atoms with Gasteiger partial charge in [-0.25, -0.2) is 22.0 Å². The molecule has 0 aromatic heterocycles. The Labute approximate surface area is 180 Å². The van der Waals surface area contributed by atoms with Crippen LogP contribution >= 0.6 is 0 Å². The lowest BCUT2D eigenvalue weighted by Gasteiger charge is -2.13. The van der Waals surface area contributed by atoms with Crippen molar-refractivity contribution in [3.8, 4) is 22.3 Å². The lowest BCUT2D eigenvalue weighted by Crippen LogP contribution is -2.14. The van der Waals surface area contributed by atoms with Crippen molar-refractivity contribution < 1.29 is 26.7 Å². The van der Waals surface area contributed by atoms with Crippen LogP contribution in [0.15, 0.2) is 78.9 Å². The zero-order valence-corrected chi connectivity index (χ0v) is 16.3. The minimum atomic E-state index is -1.60. The molecule has 1 N–H and O–H groups in total. The van der Waals surface area contributed by atoms with Crippen LogP contribution in [-0.4, -0.2) is 5.91 Å². The summed E-state index contributed by atoms with van der Waals surface area (Å²) in [5.74, 6) is -6.36. The number of para-hydroxylation sites is 1. The van der Waals surface area contributed by atoms with Crippen molar-refractivity contribution in [3.05, 3.63) is 114 Å². The molecule has 2 nitrogen and oxygen atoms in total. The fraction of sp³-hybridized carbons (Fsp3) is 0. The van der Waals surface area contributed by atoms with E-state index in [9.17, 15) is 26.7 Å². The zero-order valence-electron chi connectivity index (χ0n) is 16.3. The number of hydrogen-bond acceptors (Lipinski definition) is 1. The minimum Gasteiger partial charge on any atom is -0.321 e. The first-order valence-electron chi connectivity index (χ1n) is 9.44. The molecular weight excluding hydrogens is 425 g/mol. The van der Waals surface area contributed by atoms with Gasteiger partial charge in [0.2, 0.25) is 0 Å². The highest BCUT2D eigenvalue weighted by Gasteiger charge is 2.17. The molecule has 0 fully saturated rings. The summed E-state index contributed by atoms with van der Waals surface area (Å²) < 4.78 is 68.4. The number of halogens is 5. The molecule has 0 aliphatic rings. The maximum absolute atomic E-state index is 14.7. The van der Waals surface area contributed by atoms with Crippen LogP contribution < -0.4 is 5.32 Å². The third-order valence-electron chi connectivity index (χ3n) is 4.86. The standard InChI is InChI=1S/C25H14F5NO/c26-17-8-5-14(6-9-17)15-7-10-19(20(27)11-15)25(32)31-23-4-2-1-3-18(23)16-12-21(28)24(30)22(29)13-16/h1-13H,(H,31,32). The number of carbonyl (C=O) groups excluding carboxylic acids is 1. The Hall–Kier alpha value is -4.00. The molecule has 32 heavy (non-hydrogen) atoms. The summed E-state index contributed by atoms with van der Waals surface area (Å²) in [5.41, 5.74) is 1.15. The Kier molecular flexibility index (Phi) is 5.73. The monoisotopic (exact) mass is 439 g/mol. The second-order valence-electron chi connectivity index (χ2n) is 6.96. The van der Waals surface area contributed by atoms with E-state index in [0.29, 0.717) is 11.1 Å². The Morgan fingerprint density at radius 1 is 0.625 bits per heavy atom. The van der Waals surface area contributed by atoms with Crippen LogP contribution in [0.5, 0.6) is 0 Å². The topological polar surface area (TPSA) is 29.1 Å². The second kappa shape index (κ2) is 8.63. The third-order valence-corrected chi connectivity index (χ3v) is 4.86. The molecule has 0 heterocycles. The van der Waals surface area contributed by atoms with Gasteiger partial charge < -0.3 is 5.32 Å². The first-order chi connectivity index (χ1) is 15.3. The Morgan fingerprint density at radius 2 is 1.22 bits per heavy atom. The van der Waals surface area contributed by atoms with Gasteiger partial charge in [-0.15, -0.1) is 0 Å². The molecule has 0 spiro atoms. The average Bonchev–Trinajstić information content (AvgIpc) is 2.78. The normalized spacial score (nSPS) is 10.8. The largest absolute Gasteiger partial charge is 0.321 e. The van der Waals surface area contributed by atoms with Gasteiger partial charge in [-0.05, 0) is 59.2 Å². The Balaban J connectivity index is 1.63. The summed E-state index contributed by atoms with van der Waals surface area (Å²) in [5, 5.41) is 2.52. The summed E-state index contributed by atoms with van der Waals surface area (Å²) in [6.45, 7) is 0. The van der Waals surface area contributed by atoms with Crippen LogP contribution in [-0.2, 0) is 0 Å². The van der Waals surface area contributed by atoms with Crippen molar-refractivity contribution in [2.45, 2.75) is 0 Å². The highest BCUT2D eigenvalue weighted by atomic mass is 19.2. The van der Waals surface area contributed by atoms with Crippen molar-refractivity contribution in [1.82, 2.24) is 0 Å². The number of nitrogens with one attached hydrogen (secondary N) is 1. The Bertz CT molecular complexity index is 1300. The predicted molar refractivity (Wildman–Crippen MR) is 111 cm³/mol. The lowest BCUT2D eigenvalue weighted by atomic mass is 10.0. The van der Waals surface area contributed by atoms with E-state index >= 15 is 0 Å². The quantitative estimate of drug-likeness (QED) is 0.270. The van der Waals surface area contributed by atoms with E-state index < -0.39 is 35.0 Å². The molecule has 7 heteroatoms. The Morgan fingerprint density at radius 3 is 1.88 bits per heavy atom. The maximum atomic E-state index is 14.7. The predicted octanol–water partition coefficient (Wildman–Crippen LogP) is 6.97. The minimum absolute atomic E-state index is 0.00410. The van der Waals surface area contributed by atoms with E-state index in [1.165, 1.54) is 48.5 Å². The number of rotatable bonds is 4. The molecule has 1 amide bonds. The van der Waals surface area contributed by atoms with Gasteiger partial charge in [0.25, 0.3) is 5.91 Å². The molecule has 0 unspecified atom stereocenters. The van der Waals surface area contributed by atoms with Gasteiger partial charge in [0.05, 0.1) is 5.56 Å². The van der Waals surface area contributed by atoms with Gasteiger partial charge in [-0.2, -0.15) is 0 Å². The summed E-state index contributed by atoms with van der Waals surface area (Å²) >= 11 is 0. The van der Waals surface area contributed by atoms with Gasteiger partial charge in [-0.3, -0.25) is 4.79 Å². The number of benzene rings is 4. The van der Waals surface area contributed by atoms with Gasteiger partial charge in [-0.1, -0.05) is 36.4 Å². The molecule has 0 atom stereocenters. The molecule has 4 aromatic carbocycles. The fourth-order valence-corrected chi connectivity index (χ4v) is 3.27. The second-order valence-corrected chi connectivity index (χ2v) is 6.96. The fourth-order valence-electron chi connectivity index (χ4n) is 3.27. The van der Waals surface area contributed by atoms with Crippen molar-refractivity contribution in [3.63, 3.8) is 0 Å². The average molecular weight is 439 g/mol. The van der Waals surface area contributed by atoms with Crippen LogP contribution in [0.2, 0.25) is 0 Å². The van der Waals surface area contributed by atoms with Crippen LogP contribution in [0.3, 0.4) is 0 Å². The van der Waals surface area contributed by atoms with Gasteiger partial charge in [0, 0.05) is 11.3 Å². The summed E-state index contributed by atoms with van der Waals surface area (Å²) in [6.07, 6.45) is 0. The number of anilines is 1. The highest BCUT2D eigenvalue weighted by molar-refractivity contribution is 6.06. The summed E-state index contributed by atoms with van der Waals surface area (Å²) in [6, 6.07) is 17.1. The molecule has 0 saturated heterocycles. The SMILES string of the molecule is O=C(Nc1ccccc1-c1cc(F)c(F)c(F)c1)c1ccc(-c2ccc(F)cc2)cc1F. The summed E-state index contributed by atoms with van der Waals surface area (Å²) in [7, 11) is 0. The molecule has 160 valence electrons. The highest BCUT2D eigenvalue weighted by Crippen LogP contribution is 2.31. The third kappa shape index (κ3) is 4.23. The first kappa shape index (κ1) is 21.2. The van der Waals surface area contributed by atoms with E-state index in [2.05, 4.69) is 5.32 Å². The number of amides is 1. The molecule has 0 aliphatic heterocycles. The first-order valence-corrected chi connectivity index (χ1v) is 9.44. The van der Waals surface area contributed by atoms with E-state index in [1.807, 2.05) is 0 Å². The van der Waals surface area contributed by atoms with Gasteiger partial charge in [0.1, 0.15) is 11.6 Å². The van der Waals surface area contributed by atoms with E-state index in [4.69, 9.17) is 0 Å². The molecule has 4 aromatic rings. The molecule has 4 rings (SSSR count). The van der Waals surface area contributed by atoms with E-state index in [1.54, 1.807) is 12.1 Å². The van der Waals surface area contributed by atoms with Crippen molar-refractivity contribution in [2.24, 2.45) is 0 Å². The maximum Gasteiger partial charge on any atom is 0.258 e. The molecule has 0 bridgehead atoms. The molecule has 0 radical (unpaired) electrons. The molecule has 0 aliphatic carbocycles. The van der Waals surface area contributed by atoms with Crippen LogP contribution in [0, 0.1) is 29.1 Å². The van der Waals surface area contributed by atoms with Crippen molar-refractivity contribution in [2.75, 3.05) is 5.32 Å². The van der Waals surface area contributed by atoms with Gasteiger partial charge >= 0.3 is 0 Å². The van der Waals surface area contributed by atoms with Crippen LogP contribution in [0.25, 0.3) is 22.3 Å². The van der Waals surface area contributed by atoms with E-state index in [-0.39, 0.29) is 22.4 Å². The lowest BCUT2D eigenvalue weighted by molar-refractivity contribution is 0.102. The smallest absolute Gasteiger partial charge is 0.258 e. The van der Waals surface area contributed by atoms with E-state index in [0.717, 1.165) is 18.2 Å². The number of carbonyl (C=O) groups is 1. The van der Waals surface area contributed by atoms with Gasteiger partial charge in [0.15, 0.2) is 17.5 Å². The van der Waals surface area contributed by atoms with Crippen LogP contribution in [0.4, 0.5) is 27.6 Å².